The SMILES string of the molecule is COC(=O)CCC(=O)NCc1ccc(OC)cc1. The van der Waals surface area contributed by atoms with Gasteiger partial charge in [-0.1, -0.05) is 12.1 Å². The smallest absolute Gasteiger partial charge is 0.306 e. The van der Waals surface area contributed by atoms with Crippen LogP contribution in [0.1, 0.15) is 18.4 Å². The number of amides is 1. The Morgan fingerprint density at radius 3 is 2.33 bits per heavy atom. The number of esters is 1. The third-order valence-corrected chi connectivity index (χ3v) is 2.43. The number of hydrogen-bond donors (Lipinski definition) is 1. The average Bonchev–Trinajstić information content (AvgIpc) is 2.42. The summed E-state index contributed by atoms with van der Waals surface area (Å²) >= 11 is 0. The summed E-state index contributed by atoms with van der Waals surface area (Å²) in [7, 11) is 2.90. The van der Waals surface area contributed by atoms with Gasteiger partial charge in [0.05, 0.1) is 20.6 Å². The molecule has 5 heteroatoms. The molecule has 0 saturated heterocycles. The molecule has 1 amide bonds. The van der Waals surface area contributed by atoms with Crippen LogP contribution in [0.2, 0.25) is 0 Å². The van der Waals surface area contributed by atoms with Crippen LogP contribution in [0.15, 0.2) is 24.3 Å². The second-order valence-corrected chi connectivity index (χ2v) is 3.70. The third kappa shape index (κ3) is 4.86. The Morgan fingerprint density at radius 1 is 1.11 bits per heavy atom. The van der Waals surface area contributed by atoms with Crippen LogP contribution < -0.4 is 10.1 Å². The van der Waals surface area contributed by atoms with E-state index in [0.29, 0.717) is 6.54 Å². The van der Waals surface area contributed by atoms with Crippen molar-refractivity contribution in [3.63, 3.8) is 0 Å². The van der Waals surface area contributed by atoms with Crippen molar-refractivity contribution < 1.29 is 19.1 Å². The molecule has 0 saturated carbocycles. The zero-order valence-electron chi connectivity index (χ0n) is 10.6. The molecule has 0 atom stereocenters. The Morgan fingerprint density at radius 2 is 1.78 bits per heavy atom. The van der Waals surface area contributed by atoms with Gasteiger partial charge in [-0.25, -0.2) is 0 Å². The first kappa shape index (κ1) is 14.0. The van der Waals surface area contributed by atoms with Gasteiger partial charge >= 0.3 is 5.97 Å². The van der Waals surface area contributed by atoms with Gasteiger partial charge in [-0.15, -0.1) is 0 Å². The van der Waals surface area contributed by atoms with Crippen LogP contribution in [-0.2, 0) is 20.9 Å². The monoisotopic (exact) mass is 251 g/mol. The number of ether oxygens (including phenoxy) is 2. The zero-order valence-corrected chi connectivity index (χ0v) is 10.6. The van der Waals surface area contributed by atoms with E-state index in [1.165, 1.54) is 7.11 Å². The molecular weight excluding hydrogens is 234 g/mol. The second-order valence-electron chi connectivity index (χ2n) is 3.70. The van der Waals surface area contributed by atoms with Crippen LogP contribution >= 0.6 is 0 Å². The lowest BCUT2D eigenvalue weighted by Crippen LogP contribution is -2.23. The Bertz CT molecular complexity index is 400. The molecule has 0 unspecified atom stereocenters. The van der Waals surface area contributed by atoms with Crippen molar-refractivity contribution in [1.29, 1.82) is 0 Å². The van der Waals surface area contributed by atoms with Gasteiger partial charge in [-0.2, -0.15) is 0 Å². The highest BCUT2D eigenvalue weighted by Gasteiger charge is 2.06. The predicted molar refractivity (Wildman–Crippen MR) is 66.1 cm³/mol. The van der Waals surface area contributed by atoms with Gasteiger partial charge in [0.1, 0.15) is 5.75 Å². The van der Waals surface area contributed by atoms with Crippen molar-refractivity contribution in [3.05, 3.63) is 29.8 Å². The summed E-state index contributed by atoms with van der Waals surface area (Å²) in [6, 6.07) is 7.41. The van der Waals surface area contributed by atoms with Crippen LogP contribution in [0.25, 0.3) is 0 Å². The summed E-state index contributed by atoms with van der Waals surface area (Å²) < 4.78 is 9.49. The number of nitrogens with one attached hydrogen (secondary N) is 1. The van der Waals surface area contributed by atoms with Crippen molar-refractivity contribution in [2.24, 2.45) is 0 Å². The number of benzene rings is 1. The highest BCUT2D eigenvalue weighted by molar-refractivity contribution is 5.81. The number of methoxy groups -OCH3 is 2. The van der Waals surface area contributed by atoms with E-state index in [2.05, 4.69) is 10.1 Å². The summed E-state index contributed by atoms with van der Waals surface area (Å²) in [4.78, 5) is 22.3. The summed E-state index contributed by atoms with van der Waals surface area (Å²) in [5.74, 6) is 0.224. The molecule has 5 nitrogen and oxygen atoms in total. The normalized spacial score (nSPS) is 9.67. The van der Waals surface area contributed by atoms with Gasteiger partial charge in [-0.3, -0.25) is 9.59 Å². The Labute approximate surface area is 106 Å². The van der Waals surface area contributed by atoms with Crippen LogP contribution in [0.5, 0.6) is 5.75 Å². The lowest BCUT2D eigenvalue weighted by atomic mass is 10.2. The number of hydrogen-bond acceptors (Lipinski definition) is 4. The largest absolute Gasteiger partial charge is 0.497 e. The van der Waals surface area contributed by atoms with E-state index in [9.17, 15) is 9.59 Å². The second kappa shape index (κ2) is 7.32. The number of carbonyl (C=O) groups excluding carboxylic acids is 2. The molecule has 0 aliphatic heterocycles. The Kier molecular flexibility index (Phi) is 5.70. The molecule has 0 bridgehead atoms. The van der Waals surface area contributed by atoms with E-state index in [0.717, 1.165) is 11.3 Å². The predicted octanol–water partition coefficient (Wildman–Crippen LogP) is 1.26. The summed E-state index contributed by atoms with van der Waals surface area (Å²) in [5, 5.41) is 2.73. The van der Waals surface area contributed by atoms with Crippen LogP contribution in [0.4, 0.5) is 0 Å². The van der Waals surface area contributed by atoms with E-state index in [4.69, 9.17) is 4.74 Å². The topological polar surface area (TPSA) is 64.6 Å². The first-order valence-electron chi connectivity index (χ1n) is 5.62. The van der Waals surface area contributed by atoms with Crippen molar-refractivity contribution in [2.75, 3.05) is 14.2 Å². The molecule has 18 heavy (non-hydrogen) atoms. The molecule has 0 fully saturated rings. The van der Waals surface area contributed by atoms with Gasteiger partial charge in [-0.05, 0) is 17.7 Å². The molecule has 0 aliphatic carbocycles. The molecule has 0 spiro atoms. The van der Waals surface area contributed by atoms with Gasteiger partial charge in [0, 0.05) is 13.0 Å². The first-order chi connectivity index (χ1) is 8.65. The molecule has 0 heterocycles. The Hall–Kier alpha value is -2.04. The van der Waals surface area contributed by atoms with Gasteiger partial charge in [0.15, 0.2) is 0 Å². The molecule has 1 aromatic rings. The fraction of sp³-hybridized carbons (Fsp3) is 0.385. The minimum Gasteiger partial charge on any atom is -0.497 e. The molecule has 98 valence electrons. The summed E-state index contributed by atoms with van der Waals surface area (Å²) in [5.41, 5.74) is 0.974. The van der Waals surface area contributed by atoms with Gasteiger partial charge in [0.25, 0.3) is 0 Å². The van der Waals surface area contributed by atoms with E-state index >= 15 is 0 Å². The maximum atomic E-state index is 11.4. The molecule has 1 aromatic carbocycles. The van der Waals surface area contributed by atoms with E-state index in [-0.39, 0.29) is 24.7 Å². The molecular formula is C13H17NO4. The van der Waals surface area contributed by atoms with Crippen LogP contribution in [0.3, 0.4) is 0 Å². The van der Waals surface area contributed by atoms with Crippen molar-refractivity contribution in [3.8, 4) is 5.75 Å². The van der Waals surface area contributed by atoms with E-state index < -0.39 is 0 Å². The van der Waals surface area contributed by atoms with Gasteiger partial charge < -0.3 is 14.8 Å². The Balaban J connectivity index is 2.31. The molecule has 0 aliphatic rings. The lowest BCUT2D eigenvalue weighted by Gasteiger charge is -2.06. The van der Waals surface area contributed by atoms with Crippen molar-refractivity contribution in [2.45, 2.75) is 19.4 Å². The summed E-state index contributed by atoms with van der Waals surface area (Å²) in [6.07, 6.45) is 0.244. The molecule has 1 N–H and O–H groups in total. The third-order valence-electron chi connectivity index (χ3n) is 2.43. The summed E-state index contributed by atoms with van der Waals surface area (Å²) in [6.45, 7) is 0.435. The average molecular weight is 251 g/mol. The zero-order chi connectivity index (χ0) is 13.4. The maximum Gasteiger partial charge on any atom is 0.306 e. The standard InChI is InChI=1S/C13H17NO4/c1-17-11-5-3-10(4-6-11)9-14-12(15)7-8-13(16)18-2/h3-6H,7-9H2,1-2H3,(H,14,15). The van der Waals surface area contributed by atoms with Crippen molar-refractivity contribution in [1.82, 2.24) is 5.32 Å². The lowest BCUT2D eigenvalue weighted by molar-refractivity contribution is -0.142. The van der Waals surface area contributed by atoms with Gasteiger partial charge in [0.2, 0.25) is 5.91 Å². The molecule has 0 aromatic heterocycles. The first-order valence-corrected chi connectivity index (χ1v) is 5.62. The van der Waals surface area contributed by atoms with Crippen LogP contribution in [0, 0.1) is 0 Å². The fourth-order valence-corrected chi connectivity index (χ4v) is 1.35. The highest BCUT2D eigenvalue weighted by Crippen LogP contribution is 2.10. The van der Waals surface area contributed by atoms with Crippen molar-refractivity contribution >= 4 is 11.9 Å². The van der Waals surface area contributed by atoms with Crippen LogP contribution in [-0.4, -0.2) is 26.1 Å². The minimum atomic E-state index is -0.380. The van der Waals surface area contributed by atoms with E-state index in [1.54, 1.807) is 7.11 Å². The molecule has 0 radical (unpaired) electrons. The highest BCUT2D eigenvalue weighted by atomic mass is 16.5. The van der Waals surface area contributed by atoms with E-state index in [1.807, 2.05) is 24.3 Å². The molecule has 1 rings (SSSR count). The number of rotatable bonds is 6. The quantitative estimate of drug-likeness (QED) is 0.773. The maximum absolute atomic E-state index is 11.4. The number of carbonyl (C=O) groups is 2. The fourth-order valence-electron chi connectivity index (χ4n) is 1.35. The minimum absolute atomic E-state index is 0.102.